The van der Waals surface area contributed by atoms with Crippen LogP contribution in [0.5, 0.6) is 0 Å². The third kappa shape index (κ3) is 6.07. The van der Waals surface area contributed by atoms with Crippen LogP contribution in [0.3, 0.4) is 0 Å². The van der Waals surface area contributed by atoms with Crippen LogP contribution in [-0.4, -0.2) is 48.8 Å². The molecule has 25 heavy (non-hydrogen) atoms. The van der Waals surface area contributed by atoms with Gasteiger partial charge in [0.1, 0.15) is 0 Å². The van der Waals surface area contributed by atoms with E-state index in [-0.39, 0.29) is 31.7 Å². The molecule has 0 saturated heterocycles. The van der Waals surface area contributed by atoms with Gasteiger partial charge in [0.15, 0.2) is 0 Å². The number of aromatic nitrogens is 2. The summed E-state index contributed by atoms with van der Waals surface area (Å²) in [4.78, 5) is 22.7. The fourth-order valence-electron chi connectivity index (χ4n) is 2.08. The fraction of sp³-hybridized carbons (Fsp3) is 0.400. The highest BCUT2D eigenvalue weighted by Gasteiger charge is 2.12. The lowest BCUT2D eigenvalue weighted by atomic mass is 10.3. The number of carbonyl (C=O) groups is 2. The summed E-state index contributed by atoms with van der Waals surface area (Å²) in [5.74, 6) is -1.13. The van der Waals surface area contributed by atoms with Crippen LogP contribution < -0.4 is 10.0 Å². The molecule has 0 saturated carbocycles. The van der Waals surface area contributed by atoms with Gasteiger partial charge in [0.2, 0.25) is 15.9 Å². The molecule has 0 unspecified atom stereocenters. The Labute approximate surface area is 145 Å². The van der Waals surface area contributed by atoms with E-state index in [1.807, 2.05) is 0 Å². The van der Waals surface area contributed by atoms with Crippen LogP contribution in [0.25, 0.3) is 5.52 Å². The maximum Gasteiger partial charge on any atom is 0.306 e. The maximum absolute atomic E-state index is 12.0. The molecular formula is C15H20N4O5S. The third-order valence-corrected chi connectivity index (χ3v) is 4.52. The molecule has 0 aliphatic rings. The van der Waals surface area contributed by atoms with Gasteiger partial charge in [0.25, 0.3) is 0 Å². The van der Waals surface area contributed by atoms with Crippen molar-refractivity contribution in [2.45, 2.75) is 19.8 Å². The van der Waals surface area contributed by atoms with Crippen LogP contribution in [0.1, 0.15) is 19.8 Å². The Morgan fingerprint density at radius 3 is 2.84 bits per heavy atom. The van der Waals surface area contributed by atoms with Crippen molar-refractivity contribution in [2.24, 2.45) is 0 Å². The average molecular weight is 368 g/mol. The van der Waals surface area contributed by atoms with Crippen molar-refractivity contribution < 1.29 is 22.7 Å². The molecule has 0 aliphatic carbocycles. The highest BCUT2D eigenvalue weighted by Crippen LogP contribution is 2.12. The molecule has 0 aromatic carbocycles. The minimum Gasteiger partial charge on any atom is -0.466 e. The summed E-state index contributed by atoms with van der Waals surface area (Å²) >= 11 is 0. The van der Waals surface area contributed by atoms with Crippen LogP contribution >= 0.6 is 0 Å². The van der Waals surface area contributed by atoms with E-state index in [9.17, 15) is 18.0 Å². The van der Waals surface area contributed by atoms with Crippen molar-refractivity contribution in [3.05, 3.63) is 30.6 Å². The molecule has 2 heterocycles. The van der Waals surface area contributed by atoms with Gasteiger partial charge in [-0.05, 0) is 25.1 Å². The Kier molecular flexibility index (Phi) is 6.34. The summed E-state index contributed by atoms with van der Waals surface area (Å²) in [5, 5.41) is 6.49. The first-order valence-electron chi connectivity index (χ1n) is 7.76. The number of ether oxygens (including phenoxy) is 1. The third-order valence-electron chi connectivity index (χ3n) is 3.23. The number of rotatable bonds is 9. The van der Waals surface area contributed by atoms with Crippen LogP contribution in [-0.2, 0) is 24.3 Å². The molecule has 0 atom stereocenters. The van der Waals surface area contributed by atoms with E-state index in [1.165, 1.54) is 0 Å². The number of esters is 1. The average Bonchev–Trinajstić information content (AvgIpc) is 3.00. The molecule has 2 N–H and O–H groups in total. The number of anilines is 1. The second-order valence-corrected chi connectivity index (χ2v) is 7.03. The molecular weight excluding hydrogens is 348 g/mol. The lowest BCUT2D eigenvalue weighted by molar-refractivity contribution is -0.144. The second-order valence-electron chi connectivity index (χ2n) is 5.19. The van der Waals surface area contributed by atoms with Gasteiger partial charge in [-0.15, -0.1) is 0 Å². The number of nitrogens with zero attached hydrogens (tertiary/aromatic N) is 2. The number of hydrogen-bond acceptors (Lipinski definition) is 6. The largest absolute Gasteiger partial charge is 0.466 e. The van der Waals surface area contributed by atoms with Crippen LogP contribution in [0.2, 0.25) is 0 Å². The van der Waals surface area contributed by atoms with Crippen molar-refractivity contribution >= 4 is 33.1 Å². The Balaban J connectivity index is 1.77. The van der Waals surface area contributed by atoms with E-state index < -0.39 is 21.9 Å². The van der Waals surface area contributed by atoms with Crippen LogP contribution in [0.4, 0.5) is 5.69 Å². The van der Waals surface area contributed by atoms with Gasteiger partial charge in [-0.3, -0.25) is 14.3 Å². The number of fused-ring (bicyclic) bond motifs is 1. The summed E-state index contributed by atoms with van der Waals surface area (Å²) in [6, 6.07) is 5.00. The van der Waals surface area contributed by atoms with Gasteiger partial charge in [-0.1, -0.05) is 0 Å². The predicted molar refractivity (Wildman–Crippen MR) is 91.5 cm³/mol. The van der Waals surface area contributed by atoms with E-state index in [0.717, 1.165) is 5.52 Å². The van der Waals surface area contributed by atoms with Gasteiger partial charge in [0.05, 0.1) is 30.0 Å². The molecule has 0 radical (unpaired) electrons. The summed E-state index contributed by atoms with van der Waals surface area (Å²) < 4.78 is 32.9. The van der Waals surface area contributed by atoms with Crippen molar-refractivity contribution in [3.63, 3.8) is 0 Å². The molecule has 9 nitrogen and oxygen atoms in total. The molecule has 2 aromatic rings. The smallest absolute Gasteiger partial charge is 0.306 e. The second kappa shape index (κ2) is 8.47. The molecule has 0 bridgehead atoms. The molecule has 136 valence electrons. The first-order valence-corrected chi connectivity index (χ1v) is 9.41. The zero-order chi connectivity index (χ0) is 18.3. The zero-order valence-corrected chi connectivity index (χ0v) is 14.6. The quantitative estimate of drug-likeness (QED) is 0.624. The van der Waals surface area contributed by atoms with E-state index in [4.69, 9.17) is 4.74 Å². The van der Waals surface area contributed by atoms with Gasteiger partial charge < -0.3 is 10.1 Å². The van der Waals surface area contributed by atoms with Gasteiger partial charge in [-0.2, -0.15) is 5.10 Å². The first kappa shape index (κ1) is 18.7. The number of hydrogen-bond donors (Lipinski definition) is 2. The number of amides is 1. The fourth-order valence-corrected chi connectivity index (χ4v) is 3.04. The van der Waals surface area contributed by atoms with Gasteiger partial charge >= 0.3 is 5.97 Å². The molecule has 2 aromatic heterocycles. The normalized spacial score (nSPS) is 11.2. The molecule has 10 heteroatoms. The number of nitrogens with one attached hydrogen (secondary N) is 2. The minimum absolute atomic E-state index is 0.0317. The van der Waals surface area contributed by atoms with E-state index in [0.29, 0.717) is 5.69 Å². The highest BCUT2D eigenvalue weighted by molar-refractivity contribution is 7.92. The summed E-state index contributed by atoms with van der Waals surface area (Å²) in [5.41, 5.74) is 1.18. The lowest BCUT2D eigenvalue weighted by Gasteiger charge is -2.09. The van der Waals surface area contributed by atoms with Gasteiger partial charge in [0, 0.05) is 25.4 Å². The Morgan fingerprint density at radius 1 is 1.28 bits per heavy atom. The predicted octanol–water partition coefficient (Wildman–Crippen LogP) is 0.536. The first-order chi connectivity index (χ1) is 11.9. The van der Waals surface area contributed by atoms with Crippen molar-refractivity contribution in [1.29, 1.82) is 0 Å². The molecule has 0 aliphatic heterocycles. The standard InChI is InChI=1S/C15H20N4O5S/c1-2-24-15(21)4-3-14(20)16-8-10-25(22,23)18-12-6-9-19-13(11-12)5-7-17-19/h5-7,9,11,18H,2-4,8,10H2,1H3,(H,16,20). The van der Waals surface area contributed by atoms with Gasteiger partial charge in [-0.25, -0.2) is 12.9 Å². The lowest BCUT2D eigenvalue weighted by Crippen LogP contribution is -2.31. The Bertz CT molecular complexity index is 846. The van der Waals surface area contributed by atoms with Crippen molar-refractivity contribution in [2.75, 3.05) is 23.6 Å². The van der Waals surface area contributed by atoms with E-state index in [2.05, 4.69) is 15.1 Å². The molecule has 2 rings (SSSR count). The number of sulfonamides is 1. The van der Waals surface area contributed by atoms with Crippen LogP contribution in [0.15, 0.2) is 30.6 Å². The van der Waals surface area contributed by atoms with E-state index >= 15 is 0 Å². The molecule has 0 spiro atoms. The zero-order valence-electron chi connectivity index (χ0n) is 13.8. The highest BCUT2D eigenvalue weighted by atomic mass is 32.2. The Hall–Kier alpha value is -2.62. The summed E-state index contributed by atoms with van der Waals surface area (Å²) in [6.07, 6.45) is 3.18. The summed E-state index contributed by atoms with van der Waals surface area (Å²) in [7, 11) is -3.61. The monoisotopic (exact) mass is 368 g/mol. The van der Waals surface area contributed by atoms with Crippen molar-refractivity contribution in [3.8, 4) is 0 Å². The Morgan fingerprint density at radius 2 is 2.08 bits per heavy atom. The maximum atomic E-state index is 12.0. The van der Waals surface area contributed by atoms with Crippen LogP contribution in [0, 0.1) is 0 Å². The van der Waals surface area contributed by atoms with Crippen molar-refractivity contribution in [1.82, 2.24) is 14.9 Å². The molecule has 0 fully saturated rings. The summed E-state index contributed by atoms with van der Waals surface area (Å²) in [6.45, 7) is 1.89. The molecule has 1 amide bonds. The number of pyridine rings is 1. The number of carbonyl (C=O) groups excluding carboxylic acids is 2. The SMILES string of the molecule is CCOC(=O)CCC(=O)NCCS(=O)(=O)Nc1ccn2nccc2c1. The van der Waals surface area contributed by atoms with E-state index in [1.54, 1.807) is 42.0 Å². The minimum atomic E-state index is -3.61. The topological polar surface area (TPSA) is 119 Å².